The van der Waals surface area contributed by atoms with Gasteiger partial charge in [0.2, 0.25) is 0 Å². The molecule has 1 aliphatic carbocycles. The van der Waals surface area contributed by atoms with E-state index in [-0.39, 0.29) is 12.1 Å². The van der Waals surface area contributed by atoms with Crippen molar-refractivity contribution in [3.63, 3.8) is 0 Å². The second kappa shape index (κ2) is 7.09. The molecule has 2 atom stereocenters. The first-order chi connectivity index (χ1) is 9.67. The van der Waals surface area contributed by atoms with Crippen LogP contribution < -0.4 is 10.1 Å². The molecule has 0 radical (unpaired) electrons. The molecule has 2 N–H and O–H groups in total. The van der Waals surface area contributed by atoms with Crippen LogP contribution in [0, 0.1) is 5.92 Å². The lowest BCUT2D eigenvalue weighted by molar-refractivity contribution is 0.0982. The molecule has 3 heteroatoms. The largest absolute Gasteiger partial charge is 0.494 e. The third-order valence-electron chi connectivity index (χ3n) is 4.30. The van der Waals surface area contributed by atoms with Gasteiger partial charge in [-0.3, -0.25) is 0 Å². The van der Waals surface area contributed by atoms with Crippen molar-refractivity contribution >= 4 is 0 Å². The molecule has 2 rings (SSSR count). The molecule has 0 bridgehead atoms. The van der Waals surface area contributed by atoms with E-state index in [4.69, 9.17) is 4.74 Å². The summed E-state index contributed by atoms with van der Waals surface area (Å²) in [6.07, 6.45) is 4.63. The molecule has 112 valence electrons. The number of hydrogen-bond acceptors (Lipinski definition) is 3. The highest BCUT2D eigenvalue weighted by Gasteiger charge is 2.33. The SMILES string of the molecule is CCOc1ccc(CNC2(CO)CCCC(C)C2)cc1. The molecule has 0 spiro atoms. The van der Waals surface area contributed by atoms with Gasteiger partial charge in [-0.2, -0.15) is 0 Å². The first kappa shape index (κ1) is 15.3. The van der Waals surface area contributed by atoms with Gasteiger partial charge in [-0.1, -0.05) is 31.9 Å². The molecule has 0 aliphatic heterocycles. The van der Waals surface area contributed by atoms with Crippen LogP contribution in [0.4, 0.5) is 0 Å². The van der Waals surface area contributed by atoms with Crippen molar-refractivity contribution in [3.05, 3.63) is 29.8 Å². The lowest BCUT2D eigenvalue weighted by atomic mass is 9.77. The molecule has 2 unspecified atom stereocenters. The molecule has 1 aromatic carbocycles. The highest BCUT2D eigenvalue weighted by Crippen LogP contribution is 2.32. The van der Waals surface area contributed by atoms with Crippen molar-refractivity contribution in [1.29, 1.82) is 0 Å². The van der Waals surface area contributed by atoms with E-state index in [1.54, 1.807) is 0 Å². The summed E-state index contributed by atoms with van der Waals surface area (Å²) in [5.41, 5.74) is 1.15. The Labute approximate surface area is 122 Å². The van der Waals surface area contributed by atoms with Gasteiger partial charge in [0.25, 0.3) is 0 Å². The third kappa shape index (κ3) is 3.97. The zero-order valence-corrected chi connectivity index (χ0v) is 12.7. The first-order valence-corrected chi connectivity index (χ1v) is 7.75. The van der Waals surface area contributed by atoms with Crippen LogP contribution in [0.5, 0.6) is 5.75 Å². The number of hydrogen-bond donors (Lipinski definition) is 2. The molecule has 3 nitrogen and oxygen atoms in total. The van der Waals surface area contributed by atoms with Crippen LogP contribution >= 0.6 is 0 Å². The van der Waals surface area contributed by atoms with E-state index < -0.39 is 0 Å². The minimum atomic E-state index is -0.0870. The molecule has 0 aromatic heterocycles. The molecule has 20 heavy (non-hydrogen) atoms. The maximum atomic E-state index is 9.77. The van der Waals surface area contributed by atoms with Gasteiger partial charge >= 0.3 is 0 Å². The summed E-state index contributed by atoms with van der Waals surface area (Å²) < 4.78 is 5.45. The van der Waals surface area contributed by atoms with Gasteiger partial charge < -0.3 is 15.2 Å². The fraction of sp³-hybridized carbons (Fsp3) is 0.647. The molecule has 0 heterocycles. The van der Waals surface area contributed by atoms with Crippen molar-refractivity contribution in [3.8, 4) is 5.75 Å². The van der Waals surface area contributed by atoms with Gasteiger partial charge in [0, 0.05) is 12.1 Å². The molecule has 1 aliphatic rings. The predicted molar refractivity (Wildman–Crippen MR) is 81.9 cm³/mol. The van der Waals surface area contributed by atoms with Crippen molar-refractivity contribution in [2.24, 2.45) is 5.92 Å². The van der Waals surface area contributed by atoms with Crippen LogP contribution in [-0.2, 0) is 6.54 Å². The summed E-state index contributed by atoms with van der Waals surface area (Å²) in [6, 6.07) is 8.20. The van der Waals surface area contributed by atoms with Crippen LogP contribution in [-0.4, -0.2) is 23.9 Å². The van der Waals surface area contributed by atoms with E-state index in [1.165, 1.54) is 18.4 Å². The molecule has 1 saturated carbocycles. The maximum absolute atomic E-state index is 9.77. The number of rotatable bonds is 6. The van der Waals surface area contributed by atoms with Gasteiger partial charge in [0.15, 0.2) is 0 Å². The highest BCUT2D eigenvalue weighted by molar-refractivity contribution is 5.27. The zero-order chi connectivity index (χ0) is 14.4. The molecule has 1 aromatic rings. The zero-order valence-electron chi connectivity index (χ0n) is 12.7. The predicted octanol–water partition coefficient (Wildman–Crippen LogP) is 3.12. The van der Waals surface area contributed by atoms with Gasteiger partial charge in [0.1, 0.15) is 5.75 Å². The Balaban J connectivity index is 1.92. The number of benzene rings is 1. The standard InChI is InChI=1S/C17H27NO2/c1-3-20-16-8-6-15(7-9-16)12-18-17(13-19)10-4-5-14(2)11-17/h6-9,14,18-19H,3-5,10-13H2,1-2H3. The van der Waals surface area contributed by atoms with E-state index in [2.05, 4.69) is 24.4 Å². The molecular formula is C17H27NO2. The fourth-order valence-corrected chi connectivity index (χ4v) is 3.18. The second-order valence-corrected chi connectivity index (χ2v) is 6.07. The Kier molecular flexibility index (Phi) is 5.44. The Hall–Kier alpha value is -1.06. The van der Waals surface area contributed by atoms with Crippen LogP contribution in [0.3, 0.4) is 0 Å². The topological polar surface area (TPSA) is 41.5 Å². The molecule has 0 amide bonds. The number of ether oxygens (including phenoxy) is 1. The first-order valence-electron chi connectivity index (χ1n) is 7.75. The number of aliphatic hydroxyl groups is 1. The second-order valence-electron chi connectivity index (χ2n) is 6.07. The summed E-state index contributed by atoms with van der Waals surface area (Å²) in [7, 11) is 0. The Morgan fingerprint density at radius 1 is 1.35 bits per heavy atom. The summed E-state index contributed by atoms with van der Waals surface area (Å²) >= 11 is 0. The highest BCUT2D eigenvalue weighted by atomic mass is 16.5. The van der Waals surface area contributed by atoms with E-state index in [0.717, 1.165) is 25.1 Å². The van der Waals surface area contributed by atoms with E-state index in [0.29, 0.717) is 12.5 Å². The third-order valence-corrected chi connectivity index (χ3v) is 4.30. The quantitative estimate of drug-likeness (QED) is 0.839. The van der Waals surface area contributed by atoms with Crippen molar-refractivity contribution in [1.82, 2.24) is 5.32 Å². The Bertz CT molecular complexity index is 404. The van der Waals surface area contributed by atoms with Crippen molar-refractivity contribution in [2.75, 3.05) is 13.2 Å². The summed E-state index contributed by atoms with van der Waals surface area (Å²) in [6.45, 7) is 6.00. The number of aliphatic hydroxyl groups excluding tert-OH is 1. The Morgan fingerprint density at radius 3 is 2.70 bits per heavy atom. The van der Waals surface area contributed by atoms with Crippen molar-refractivity contribution < 1.29 is 9.84 Å². The minimum Gasteiger partial charge on any atom is -0.494 e. The van der Waals surface area contributed by atoms with Gasteiger partial charge in [-0.25, -0.2) is 0 Å². The normalized spacial score (nSPS) is 26.4. The van der Waals surface area contributed by atoms with Gasteiger partial charge in [-0.15, -0.1) is 0 Å². The maximum Gasteiger partial charge on any atom is 0.119 e. The van der Waals surface area contributed by atoms with Gasteiger partial charge in [0.05, 0.1) is 13.2 Å². The minimum absolute atomic E-state index is 0.0870. The summed E-state index contributed by atoms with van der Waals surface area (Å²) in [5, 5.41) is 13.4. The lowest BCUT2D eigenvalue weighted by Gasteiger charge is -2.39. The average molecular weight is 277 g/mol. The monoisotopic (exact) mass is 277 g/mol. The van der Waals surface area contributed by atoms with E-state index in [9.17, 15) is 5.11 Å². The van der Waals surface area contributed by atoms with Crippen LogP contribution in [0.2, 0.25) is 0 Å². The van der Waals surface area contributed by atoms with Crippen LogP contribution in [0.1, 0.15) is 45.1 Å². The fourth-order valence-electron chi connectivity index (χ4n) is 3.18. The van der Waals surface area contributed by atoms with Crippen LogP contribution in [0.15, 0.2) is 24.3 Å². The molecule has 0 saturated heterocycles. The lowest BCUT2D eigenvalue weighted by Crippen LogP contribution is -2.51. The number of nitrogens with one attached hydrogen (secondary N) is 1. The van der Waals surface area contributed by atoms with Crippen LogP contribution in [0.25, 0.3) is 0 Å². The Morgan fingerprint density at radius 2 is 2.10 bits per heavy atom. The summed E-state index contributed by atoms with van der Waals surface area (Å²) in [5.74, 6) is 1.61. The van der Waals surface area contributed by atoms with E-state index in [1.807, 2.05) is 19.1 Å². The average Bonchev–Trinajstić information content (AvgIpc) is 2.47. The summed E-state index contributed by atoms with van der Waals surface area (Å²) in [4.78, 5) is 0. The molecular weight excluding hydrogens is 250 g/mol. The molecule has 1 fully saturated rings. The van der Waals surface area contributed by atoms with Crippen molar-refractivity contribution in [2.45, 2.75) is 51.6 Å². The van der Waals surface area contributed by atoms with Gasteiger partial charge in [-0.05, 0) is 43.4 Å². The smallest absolute Gasteiger partial charge is 0.119 e. The van der Waals surface area contributed by atoms with E-state index >= 15 is 0 Å².